The highest BCUT2D eigenvalue weighted by Crippen LogP contribution is 2.29. The molecule has 1 fully saturated rings. The fourth-order valence-electron chi connectivity index (χ4n) is 3.06. The third kappa shape index (κ3) is 4.61. The lowest BCUT2D eigenvalue weighted by Crippen LogP contribution is -2.43. The molecule has 29 heavy (non-hydrogen) atoms. The number of thiazole rings is 1. The second kappa shape index (κ2) is 8.78. The summed E-state index contributed by atoms with van der Waals surface area (Å²) in [5, 5.41) is 3.29. The van der Waals surface area contributed by atoms with Gasteiger partial charge in [-0.2, -0.15) is 4.31 Å². The number of nitrogens with one attached hydrogen (secondary N) is 1. The van der Waals surface area contributed by atoms with E-state index in [4.69, 9.17) is 16.3 Å². The number of ether oxygens (including phenoxy) is 1. The van der Waals surface area contributed by atoms with Crippen molar-refractivity contribution in [1.29, 1.82) is 0 Å². The van der Waals surface area contributed by atoms with Gasteiger partial charge in [-0.1, -0.05) is 22.9 Å². The van der Waals surface area contributed by atoms with Crippen LogP contribution in [0.5, 0.6) is 0 Å². The summed E-state index contributed by atoms with van der Waals surface area (Å²) in [6.07, 6.45) is 0.962. The summed E-state index contributed by atoms with van der Waals surface area (Å²) >= 11 is 6.84. The molecule has 11 heteroatoms. The first-order chi connectivity index (χ1) is 13.7. The van der Waals surface area contributed by atoms with Gasteiger partial charge in [0.05, 0.1) is 17.2 Å². The van der Waals surface area contributed by atoms with Crippen molar-refractivity contribution in [2.45, 2.75) is 37.6 Å². The van der Waals surface area contributed by atoms with E-state index in [0.717, 1.165) is 11.3 Å². The topological polar surface area (TPSA) is 106 Å². The normalized spacial score (nSPS) is 17.3. The maximum Gasteiger partial charge on any atom is 0.350 e. The van der Waals surface area contributed by atoms with Crippen LogP contribution >= 0.6 is 22.9 Å². The highest BCUT2D eigenvalue weighted by atomic mass is 35.5. The Morgan fingerprint density at radius 1 is 1.34 bits per heavy atom. The quantitative estimate of drug-likeness (QED) is 0.668. The lowest BCUT2D eigenvalue weighted by molar-refractivity contribution is -0.119. The summed E-state index contributed by atoms with van der Waals surface area (Å²) < 4.78 is 32.1. The first kappa shape index (κ1) is 21.7. The van der Waals surface area contributed by atoms with E-state index in [0.29, 0.717) is 28.4 Å². The Hall–Kier alpha value is -2.01. The zero-order chi connectivity index (χ0) is 21.2. The van der Waals surface area contributed by atoms with Gasteiger partial charge in [0, 0.05) is 11.6 Å². The Balaban J connectivity index is 1.78. The Labute approximate surface area is 177 Å². The van der Waals surface area contributed by atoms with E-state index in [-0.39, 0.29) is 23.2 Å². The van der Waals surface area contributed by atoms with Crippen LogP contribution < -0.4 is 5.32 Å². The first-order valence-electron chi connectivity index (χ1n) is 8.97. The van der Waals surface area contributed by atoms with Crippen LogP contribution in [0.3, 0.4) is 0 Å². The number of carbonyl (C=O) groups excluding carboxylic acids is 2. The molecule has 0 aliphatic carbocycles. The summed E-state index contributed by atoms with van der Waals surface area (Å²) in [6, 6.07) is 4.97. The van der Waals surface area contributed by atoms with Crippen molar-refractivity contribution >= 4 is 50.0 Å². The van der Waals surface area contributed by atoms with Gasteiger partial charge in [0.15, 0.2) is 5.13 Å². The molecule has 0 spiro atoms. The van der Waals surface area contributed by atoms with Crippen molar-refractivity contribution in [2.24, 2.45) is 0 Å². The van der Waals surface area contributed by atoms with Crippen molar-refractivity contribution < 1.29 is 22.7 Å². The number of sulfonamides is 1. The van der Waals surface area contributed by atoms with Gasteiger partial charge in [-0.3, -0.25) is 4.79 Å². The third-order valence-electron chi connectivity index (χ3n) is 4.41. The van der Waals surface area contributed by atoms with E-state index in [1.165, 1.54) is 28.6 Å². The Kier molecular flexibility index (Phi) is 6.57. The molecule has 8 nitrogen and oxygen atoms in total. The predicted octanol–water partition coefficient (Wildman–Crippen LogP) is 3.07. The number of nitrogens with zero attached hydrogens (tertiary/aromatic N) is 2. The summed E-state index contributed by atoms with van der Waals surface area (Å²) in [7, 11) is -3.84. The number of carbonyl (C=O) groups is 2. The molecular weight excluding hydrogens is 438 g/mol. The largest absolute Gasteiger partial charge is 0.462 e. The van der Waals surface area contributed by atoms with Crippen LogP contribution in [-0.2, 0) is 19.6 Å². The average Bonchev–Trinajstić information content (AvgIpc) is 3.29. The van der Waals surface area contributed by atoms with E-state index < -0.39 is 27.9 Å². The van der Waals surface area contributed by atoms with Gasteiger partial charge in [0.25, 0.3) is 0 Å². The first-order valence-corrected chi connectivity index (χ1v) is 11.6. The van der Waals surface area contributed by atoms with Crippen LogP contribution in [0.4, 0.5) is 5.13 Å². The zero-order valence-electron chi connectivity index (χ0n) is 15.8. The molecule has 1 amide bonds. The van der Waals surface area contributed by atoms with Gasteiger partial charge in [0.1, 0.15) is 10.9 Å². The fraction of sp³-hybridized carbons (Fsp3) is 0.389. The van der Waals surface area contributed by atoms with Crippen LogP contribution in [0.25, 0.3) is 0 Å². The van der Waals surface area contributed by atoms with Crippen LogP contribution in [0.15, 0.2) is 29.2 Å². The van der Waals surface area contributed by atoms with Gasteiger partial charge >= 0.3 is 5.97 Å². The van der Waals surface area contributed by atoms with Gasteiger partial charge in [-0.25, -0.2) is 18.2 Å². The van der Waals surface area contributed by atoms with Crippen LogP contribution in [-0.4, -0.2) is 48.8 Å². The number of anilines is 1. The van der Waals surface area contributed by atoms with Crippen LogP contribution in [0.2, 0.25) is 5.02 Å². The molecule has 1 aromatic carbocycles. The molecule has 1 aromatic heterocycles. The SMILES string of the molecule is CCOC(=O)c1sc(NC(=O)C2CCCN2S(=O)(=O)c2ccc(Cl)cc2)nc1C. The maximum atomic E-state index is 13.0. The summed E-state index contributed by atoms with van der Waals surface area (Å²) in [5.41, 5.74) is 0.445. The van der Waals surface area contributed by atoms with Crippen LogP contribution in [0.1, 0.15) is 35.1 Å². The van der Waals surface area contributed by atoms with E-state index in [1.54, 1.807) is 13.8 Å². The molecule has 0 saturated carbocycles. The summed E-state index contributed by atoms with van der Waals surface area (Å²) in [6.45, 7) is 3.82. The van der Waals surface area contributed by atoms with Gasteiger partial charge in [0.2, 0.25) is 15.9 Å². The molecule has 1 aliphatic rings. The van der Waals surface area contributed by atoms with Crippen molar-refractivity contribution in [3.63, 3.8) is 0 Å². The van der Waals surface area contributed by atoms with E-state index in [2.05, 4.69) is 10.3 Å². The highest BCUT2D eigenvalue weighted by molar-refractivity contribution is 7.89. The van der Waals surface area contributed by atoms with Crippen LogP contribution in [0, 0.1) is 6.92 Å². The number of esters is 1. The number of aryl methyl sites for hydroxylation is 1. The average molecular weight is 458 g/mol. The minimum atomic E-state index is -3.84. The molecule has 1 saturated heterocycles. The van der Waals surface area contributed by atoms with E-state index in [9.17, 15) is 18.0 Å². The molecule has 3 rings (SSSR count). The monoisotopic (exact) mass is 457 g/mol. The minimum absolute atomic E-state index is 0.0799. The molecule has 1 aliphatic heterocycles. The molecule has 1 N–H and O–H groups in total. The second-order valence-corrected chi connectivity index (χ2v) is 9.70. The molecule has 1 atom stereocenters. The number of amides is 1. The van der Waals surface area contributed by atoms with Gasteiger partial charge < -0.3 is 10.1 Å². The van der Waals surface area contributed by atoms with E-state index >= 15 is 0 Å². The maximum absolute atomic E-state index is 13.0. The molecule has 1 unspecified atom stereocenters. The molecular formula is C18H20ClN3O5S2. The summed E-state index contributed by atoms with van der Waals surface area (Å²) in [4.78, 5) is 29.3. The van der Waals surface area contributed by atoms with Crippen molar-refractivity contribution in [3.8, 4) is 0 Å². The van der Waals surface area contributed by atoms with Crippen molar-refractivity contribution in [3.05, 3.63) is 39.9 Å². The smallest absolute Gasteiger partial charge is 0.350 e. The van der Waals surface area contributed by atoms with Crippen molar-refractivity contribution in [2.75, 3.05) is 18.5 Å². The lowest BCUT2D eigenvalue weighted by atomic mass is 10.2. The third-order valence-corrected chi connectivity index (χ3v) is 7.64. The number of benzene rings is 1. The fourth-order valence-corrected chi connectivity index (χ4v) is 5.70. The number of rotatable bonds is 6. The number of hydrogen-bond donors (Lipinski definition) is 1. The number of aromatic nitrogens is 1. The molecule has 0 radical (unpaired) electrons. The molecule has 2 aromatic rings. The van der Waals surface area contributed by atoms with E-state index in [1.807, 2.05) is 0 Å². The second-order valence-electron chi connectivity index (χ2n) is 6.37. The number of halogens is 1. The zero-order valence-corrected chi connectivity index (χ0v) is 18.2. The molecule has 0 bridgehead atoms. The highest BCUT2D eigenvalue weighted by Gasteiger charge is 2.39. The lowest BCUT2D eigenvalue weighted by Gasteiger charge is -2.23. The predicted molar refractivity (Wildman–Crippen MR) is 110 cm³/mol. The number of hydrogen-bond acceptors (Lipinski definition) is 7. The van der Waals surface area contributed by atoms with Gasteiger partial charge in [-0.05, 0) is 51.0 Å². The Bertz CT molecular complexity index is 1020. The Morgan fingerprint density at radius 2 is 2.03 bits per heavy atom. The summed E-state index contributed by atoms with van der Waals surface area (Å²) in [5.74, 6) is -0.986. The Morgan fingerprint density at radius 3 is 2.69 bits per heavy atom. The molecule has 2 heterocycles. The van der Waals surface area contributed by atoms with Crippen molar-refractivity contribution in [1.82, 2.24) is 9.29 Å². The molecule has 156 valence electrons. The standard InChI is InChI=1S/C18H20ClN3O5S2/c1-3-27-17(24)15-11(2)20-18(28-15)21-16(23)14-5-4-10-22(14)29(25,26)13-8-6-12(19)7-9-13/h6-9,14H,3-5,10H2,1-2H3,(H,20,21,23). The van der Waals surface area contributed by atoms with Gasteiger partial charge in [-0.15, -0.1) is 0 Å². The minimum Gasteiger partial charge on any atom is -0.462 e.